The standard InChI is InChI=1S/C13H15N3OS/c1-8-3-5-10(6-4-8)12(17)16-13-15-11(7-18-13)9(2)14/h3-7,9H,14H2,1-2H3,(H,15,16,17). The zero-order valence-electron chi connectivity index (χ0n) is 10.3. The second-order valence-electron chi connectivity index (χ2n) is 4.19. The lowest BCUT2D eigenvalue weighted by molar-refractivity contribution is 0.102. The Balaban J connectivity index is 2.08. The van der Waals surface area contributed by atoms with Crippen molar-refractivity contribution in [1.29, 1.82) is 0 Å². The number of aryl methyl sites for hydroxylation is 1. The van der Waals surface area contributed by atoms with E-state index in [4.69, 9.17) is 5.73 Å². The summed E-state index contributed by atoms with van der Waals surface area (Å²) in [5, 5.41) is 5.20. The molecule has 1 aromatic carbocycles. The average molecular weight is 261 g/mol. The topological polar surface area (TPSA) is 68.0 Å². The smallest absolute Gasteiger partial charge is 0.257 e. The molecule has 0 fully saturated rings. The van der Waals surface area contributed by atoms with Gasteiger partial charge in [-0.3, -0.25) is 10.1 Å². The third-order valence-electron chi connectivity index (χ3n) is 2.52. The molecule has 1 unspecified atom stereocenters. The monoisotopic (exact) mass is 261 g/mol. The molecule has 0 aliphatic heterocycles. The molecule has 2 aromatic rings. The molecule has 18 heavy (non-hydrogen) atoms. The van der Waals surface area contributed by atoms with Crippen LogP contribution in [0.4, 0.5) is 5.13 Å². The minimum atomic E-state index is -0.152. The molecule has 1 atom stereocenters. The van der Waals surface area contributed by atoms with Gasteiger partial charge in [-0.2, -0.15) is 0 Å². The van der Waals surface area contributed by atoms with Crippen molar-refractivity contribution >= 4 is 22.4 Å². The second-order valence-corrected chi connectivity index (χ2v) is 5.04. The number of carbonyl (C=O) groups is 1. The Morgan fingerprint density at radius 1 is 1.39 bits per heavy atom. The highest BCUT2D eigenvalue weighted by atomic mass is 32.1. The number of amides is 1. The summed E-state index contributed by atoms with van der Waals surface area (Å²) in [6.07, 6.45) is 0. The SMILES string of the molecule is Cc1ccc(C(=O)Nc2nc(C(C)N)cs2)cc1. The number of rotatable bonds is 3. The first-order chi connectivity index (χ1) is 8.56. The molecule has 0 aliphatic carbocycles. The number of thiazole rings is 1. The molecule has 4 nitrogen and oxygen atoms in total. The van der Waals surface area contributed by atoms with Gasteiger partial charge >= 0.3 is 0 Å². The molecular formula is C13H15N3OS. The molecule has 0 saturated carbocycles. The predicted octanol–water partition coefficient (Wildman–Crippen LogP) is 2.72. The maximum atomic E-state index is 11.9. The minimum Gasteiger partial charge on any atom is -0.323 e. The third kappa shape index (κ3) is 2.94. The number of hydrogen-bond acceptors (Lipinski definition) is 4. The Hall–Kier alpha value is -1.72. The summed E-state index contributed by atoms with van der Waals surface area (Å²) in [5.74, 6) is -0.152. The molecule has 1 heterocycles. The largest absolute Gasteiger partial charge is 0.323 e. The van der Waals surface area contributed by atoms with Crippen LogP contribution in [0.3, 0.4) is 0 Å². The number of nitrogens with zero attached hydrogens (tertiary/aromatic N) is 1. The Labute approximate surface area is 110 Å². The van der Waals surface area contributed by atoms with Crippen LogP contribution in [0.1, 0.15) is 34.6 Å². The van der Waals surface area contributed by atoms with E-state index in [0.29, 0.717) is 10.7 Å². The minimum absolute atomic E-state index is 0.119. The molecule has 1 amide bonds. The Bertz CT molecular complexity index is 546. The quantitative estimate of drug-likeness (QED) is 0.892. The molecule has 3 N–H and O–H groups in total. The molecule has 0 radical (unpaired) electrons. The Kier molecular flexibility index (Phi) is 3.74. The highest BCUT2D eigenvalue weighted by molar-refractivity contribution is 7.14. The van der Waals surface area contributed by atoms with Gasteiger partial charge in [-0.1, -0.05) is 17.7 Å². The van der Waals surface area contributed by atoms with Crippen molar-refractivity contribution in [1.82, 2.24) is 4.98 Å². The molecule has 0 spiro atoms. The van der Waals surface area contributed by atoms with E-state index in [9.17, 15) is 4.79 Å². The van der Waals surface area contributed by atoms with Gasteiger partial charge in [0.25, 0.3) is 5.91 Å². The maximum absolute atomic E-state index is 11.9. The van der Waals surface area contributed by atoms with E-state index < -0.39 is 0 Å². The molecule has 0 bridgehead atoms. The zero-order valence-corrected chi connectivity index (χ0v) is 11.1. The van der Waals surface area contributed by atoms with Crippen molar-refractivity contribution in [3.8, 4) is 0 Å². The lowest BCUT2D eigenvalue weighted by Gasteiger charge is -2.02. The fraction of sp³-hybridized carbons (Fsp3) is 0.231. The first-order valence-corrected chi connectivity index (χ1v) is 6.53. The summed E-state index contributed by atoms with van der Waals surface area (Å²) in [6.45, 7) is 3.85. The molecule has 0 aliphatic rings. The van der Waals surface area contributed by atoms with Gasteiger partial charge in [0, 0.05) is 17.0 Å². The number of aromatic nitrogens is 1. The first kappa shape index (κ1) is 12.7. The third-order valence-corrected chi connectivity index (χ3v) is 3.30. The lowest BCUT2D eigenvalue weighted by Crippen LogP contribution is -2.12. The van der Waals surface area contributed by atoms with Gasteiger partial charge in [-0.25, -0.2) is 4.98 Å². The van der Waals surface area contributed by atoms with Crippen molar-refractivity contribution in [2.24, 2.45) is 5.73 Å². The normalized spacial score (nSPS) is 12.2. The second kappa shape index (κ2) is 5.29. The number of nitrogens with two attached hydrogens (primary N) is 1. The van der Waals surface area contributed by atoms with Crippen LogP contribution in [-0.4, -0.2) is 10.9 Å². The maximum Gasteiger partial charge on any atom is 0.257 e. The van der Waals surface area contributed by atoms with Crippen LogP contribution in [0.15, 0.2) is 29.6 Å². The van der Waals surface area contributed by atoms with Crippen LogP contribution in [0, 0.1) is 6.92 Å². The van der Waals surface area contributed by atoms with Crippen molar-refractivity contribution in [2.45, 2.75) is 19.9 Å². The van der Waals surface area contributed by atoms with Gasteiger partial charge in [0.2, 0.25) is 0 Å². The predicted molar refractivity (Wildman–Crippen MR) is 73.8 cm³/mol. The molecular weight excluding hydrogens is 246 g/mol. The summed E-state index contributed by atoms with van der Waals surface area (Å²) in [5.41, 5.74) is 8.26. The van der Waals surface area contributed by atoms with Gasteiger partial charge in [0.1, 0.15) is 0 Å². The summed E-state index contributed by atoms with van der Waals surface area (Å²) in [6, 6.07) is 7.29. The van der Waals surface area contributed by atoms with Gasteiger partial charge in [-0.05, 0) is 26.0 Å². The average Bonchev–Trinajstić information content (AvgIpc) is 2.78. The molecule has 2 rings (SSSR count). The Morgan fingerprint density at radius 2 is 2.06 bits per heavy atom. The molecule has 94 valence electrons. The van der Waals surface area contributed by atoms with E-state index in [1.54, 1.807) is 12.1 Å². The van der Waals surface area contributed by atoms with E-state index in [2.05, 4.69) is 10.3 Å². The highest BCUT2D eigenvalue weighted by Crippen LogP contribution is 2.19. The van der Waals surface area contributed by atoms with E-state index in [1.165, 1.54) is 11.3 Å². The van der Waals surface area contributed by atoms with Crippen LogP contribution in [0.25, 0.3) is 0 Å². The van der Waals surface area contributed by atoms with Crippen molar-refractivity contribution < 1.29 is 4.79 Å². The number of nitrogens with one attached hydrogen (secondary N) is 1. The fourth-order valence-corrected chi connectivity index (χ4v) is 2.24. The number of benzene rings is 1. The van der Waals surface area contributed by atoms with Crippen LogP contribution >= 0.6 is 11.3 Å². The molecule has 0 saturated heterocycles. The van der Waals surface area contributed by atoms with E-state index >= 15 is 0 Å². The van der Waals surface area contributed by atoms with Crippen LogP contribution in [-0.2, 0) is 0 Å². The lowest BCUT2D eigenvalue weighted by atomic mass is 10.1. The van der Waals surface area contributed by atoms with E-state index in [-0.39, 0.29) is 11.9 Å². The fourth-order valence-electron chi connectivity index (χ4n) is 1.43. The zero-order chi connectivity index (χ0) is 13.1. The number of carbonyl (C=O) groups excluding carboxylic acids is 1. The van der Waals surface area contributed by atoms with Crippen molar-refractivity contribution in [3.05, 3.63) is 46.5 Å². The van der Waals surface area contributed by atoms with Crippen molar-refractivity contribution in [3.63, 3.8) is 0 Å². The summed E-state index contributed by atoms with van der Waals surface area (Å²) in [7, 11) is 0. The van der Waals surface area contributed by atoms with Gasteiger partial charge < -0.3 is 5.73 Å². The van der Waals surface area contributed by atoms with Crippen LogP contribution in [0.2, 0.25) is 0 Å². The first-order valence-electron chi connectivity index (χ1n) is 5.65. The van der Waals surface area contributed by atoms with Crippen LogP contribution < -0.4 is 11.1 Å². The molecule has 1 aromatic heterocycles. The highest BCUT2D eigenvalue weighted by Gasteiger charge is 2.10. The summed E-state index contributed by atoms with van der Waals surface area (Å²) in [4.78, 5) is 16.2. The van der Waals surface area contributed by atoms with E-state index in [1.807, 2.05) is 31.4 Å². The molecule has 5 heteroatoms. The van der Waals surface area contributed by atoms with Gasteiger partial charge in [-0.15, -0.1) is 11.3 Å². The van der Waals surface area contributed by atoms with Gasteiger partial charge in [0.05, 0.1) is 5.69 Å². The van der Waals surface area contributed by atoms with E-state index in [0.717, 1.165) is 11.3 Å². The van der Waals surface area contributed by atoms with Crippen LogP contribution in [0.5, 0.6) is 0 Å². The van der Waals surface area contributed by atoms with Gasteiger partial charge in [0.15, 0.2) is 5.13 Å². The number of hydrogen-bond donors (Lipinski definition) is 2. The number of anilines is 1. The Morgan fingerprint density at radius 3 is 2.61 bits per heavy atom. The summed E-state index contributed by atoms with van der Waals surface area (Å²) >= 11 is 1.38. The van der Waals surface area contributed by atoms with Crippen molar-refractivity contribution in [2.75, 3.05) is 5.32 Å². The summed E-state index contributed by atoms with van der Waals surface area (Å²) < 4.78 is 0.